The largest absolute Gasteiger partial charge is 0.444 e. The van der Waals surface area contributed by atoms with Gasteiger partial charge >= 0.3 is 6.09 Å². The van der Waals surface area contributed by atoms with Crippen LogP contribution in [-0.4, -0.2) is 24.3 Å². The first-order chi connectivity index (χ1) is 11.7. The molecule has 25 heavy (non-hydrogen) atoms. The Morgan fingerprint density at radius 1 is 1.32 bits per heavy atom. The molecule has 1 fully saturated rings. The van der Waals surface area contributed by atoms with Crippen molar-refractivity contribution in [3.05, 3.63) is 34.1 Å². The number of halogens is 2. The Kier molecular flexibility index (Phi) is 7.25. The van der Waals surface area contributed by atoms with Crippen LogP contribution in [0.15, 0.2) is 22.7 Å². The molecule has 0 saturated heterocycles. The summed E-state index contributed by atoms with van der Waals surface area (Å²) in [7, 11) is 0. The summed E-state index contributed by atoms with van der Waals surface area (Å²) >= 11 is 3.38. The third kappa shape index (κ3) is 6.94. The fraction of sp³-hybridized carbons (Fsp3) is 0.632. The number of amides is 1. The quantitative estimate of drug-likeness (QED) is 0.729. The van der Waals surface area contributed by atoms with Crippen LogP contribution in [0.25, 0.3) is 0 Å². The van der Waals surface area contributed by atoms with E-state index >= 15 is 0 Å². The minimum absolute atomic E-state index is 0.199. The van der Waals surface area contributed by atoms with E-state index in [1.807, 2.05) is 20.8 Å². The van der Waals surface area contributed by atoms with Crippen molar-refractivity contribution in [1.29, 1.82) is 0 Å². The van der Waals surface area contributed by atoms with Crippen molar-refractivity contribution in [2.75, 3.05) is 6.54 Å². The summed E-state index contributed by atoms with van der Waals surface area (Å²) in [5, 5.41) is 6.35. The molecule has 2 atom stereocenters. The zero-order valence-electron chi connectivity index (χ0n) is 15.2. The Morgan fingerprint density at radius 3 is 2.76 bits per heavy atom. The van der Waals surface area contributed by atoms with Crippen LogP contribution in [0.5, 0.6) is 0 Å². The van der Waals surface area contributed by atoms with Gasteiger partial charge in [-0.3, -0.25) is 0 Å². The Bertz CT molecular complexity index is 589. The average molecular weight is 415 g/mol. The Labute approximate surface area is 158 Å². The average Bonchev–Trinajstić information content (AvgIpc) is 2.53. The molecule has 1 aliphatic carbocycles. The molecule has 1 amide bonds. The van der Waals surface area contributed by atoms with Gasteiger partial charge in [0, 0.05) is 29.2 Å². The molecule has 140 valence electrons. The Morgan fingerprint density at radius 2 is 2.04 bits per heavy atom. The molecule has 2 N–H and O–H groups in total. The van der Waals surface area contributed by atoms with Crippen molar-refractivity contribution in [2.45, 2.75) is 64.6 Å². The lowest BCUT2D eigenvalue weighted by Crippen LogP contribution is -2.44. The molecule has 0 radical (unpaired) electrons. The van der Waals surface area contributed by atoms with Gasteiger partial charge in [0.2, 0.25) is 0 Å². The van der Waals surface area contributed by atoms with Crippen LogP contribution in [0.2, 0.25) is 0 Å². The van der Waals surface area contributed by atoms with Crippen LogP contribution in [0.1, 0.15) is 52.0 Å². The Hall–Kier alpha value is -1.14. The van der Waals surface area contributed by atoms with Gasteiger partial charge in [0.1, 0.15) is 11.4 Å². The number of hydrogen-bond acceptors (Lipinski definition) is 3. The standard InChI is InChI=1S/C19H28BrFN2O2/c1-19(2,3)25-18(24)23-11-13-6-4-5-7-17(13)22-12-14-10-15(20)8-9-16(14)21/h8-10,13,17,22H,4-7,11-12H2,1-3H3,(H,23,24). The van der Waals surface area contributed by atoms with Crippen LogP contribution < -0.4 is 10.6 Å². The van der Waals surface area contributed by atoms with Crippen molar-refractivity contribution in [1.82, 2.24) is 10.6 Å². The van der Waals surface area contributed by atoms with Crippen molar-refractivity contribution in [3.8, 4) is 0 Å². The van der Waals surface area contributed by atoms with Gasteiger partial charge in [-0.2, -0.15) is 0 Å². The van der Waals surface area contributed by atoms with Gasteiger partial charge < -0.3 is 15.4 Å². The van der Waals surface area contributed by atoms with E-state index < -0.39 is 5.60 Å². The number of nitrogens with one attached hydrogen (secondary N) is 2. The van der Waals surface area contributed by atoms with Gasteiger partial charge in [-0.25, -0.2) is 9.18 Å². The van der Waals surface area contributed by atoms with Gasteiger partial charge in [-0.05, 0) is 57.7 Å². The predicted octanol–water partition coefficient (Wildman–Crippen LogP) is 4.76. The van der Waals surface area contributed by atoms with Gasteiger partial charge in [-0.1, -0.05) is 28.8 Å². The summed E-state index contributed by atoms with van der Waals surface area (Å²) in [6, 6.07) is 5.25. The minimum Gasteiger partial charge on any atom is -0.444 e. The lowest BCUT2D eigenvalue weighted by Gasteiger charge is -2.33. The predicted molar refractivity (Wildman–Crippen MR) is 101 cm³/mol. The number of benzene rings is 1. The van der Waals surface area contributed by atoms with Crippen LogP contribution in [0, 0.1) is 11.7 Å². The smallest absolute Gasteiger partial charge is 0.407 e. The van der Waals surface area contributed by atoms with E-state index in [1.165, 1.54) is 6.07 Å². The molecule has 2 unspecified atom stereocenters. The number of carbonyl (C=O) groups is 1. The summed E-state index contributed by atoms with van der Waals surface area (Å²) < 4.78 is 20.1. The summed E-state index contributed by atoms with van der Waals surface area (Å²) in [5.41, 5.74) is 0.158. The number of carbonyl (C=O) groups excluding carboxylic acids is 1. The van der Waals surface area contributed by atoms with Crippen molar-refractivity contribution < 1.29 is 13.9 Å². The first-order valence-corrected chi connectivity index (χ1v) is 9.68. The van der Waals surface area contributed by atoms with Crippen LogP contribution in [0.3, 0.4) is 0 Å². The molecule has 0 aliphatic heterocycles. The zero-order chi connectivity index (χ0) is 18.4. The van der Waals surface area contributed by atoms with Crippen LogP contribution in [-0.2, 0) is 11.3 Å². The highest BCUT2D eigenvalue weighted by atomic mass is 79.9. The molecule has 1 saturated carbocycles. The van der Waals surface area contributed by atoms with Gasteiger partial charge in [0.05, 0.1) is 0 Å². The first-order valence-electron chi connectivity index (χ1n) is 8.89. The van der Waals surface area contributed by atoms with Gasteiger partial charge in [0.15, 0.2) is 0 Å². The molecule has 2 rings (SSSR count). The van der Waals surface area contributed by atoms with E-state index in [4.69, 9.17) is 4.74 Å². The lowest BCUT2D eigenvalue weighted by atomic mass is 9.84. The molecule has 1 aliphatic rings. The van der Waals surface area contributed by atoms with Gasteiger partial charge in [0.25, 0.3) is 0 Å². The minimum atomic E-state index is -0.494. The first kappa shape index (κ1) is 20.2. The normalized spacial score (nSPS) is 21.0. The molecule has 1 aromatic carbocycles. The third-order valence-electron chi connectivity index (χ3n) is 4.38. The zero-order valence-corrected chi connectivity index (χ0v) is 16.8. The fourth-order valence-corrected chi connectivity index (χ4v) is 3.58. The third-order valence-corrected chi connectivity index (χ3v) is 4.87. The fourth-order valence-electron chi connectivity index (χ4n) is 3.17. The second kappa shape index (κ2) is 8.99. The van der Waals surface area contributed by atoms with E-state index in [9.17, 15) is 9.18 Å². The molecular formula is C19H28BrFN2O2. The summed E-state index contributed by atoms with van der Waals surface area (Å²) in [5.74, 6) is 0.131. The maximum absolute atomic E-state index is 13.9. The van der Waals surface area contributed by atoms with E-state index in [0.717, 1.165) is 30.2 Å². The maximum atomic E-state index is 13.9. The highest BCUT2D eigenvalue weighted by molar-refractivity contribution is 9.10. The molecule has 4 nitrogen and oxygen atoms in total. The number of rotatable bonds is 5. The highest BCUT2D eigenvalue weighted by Crippen LogP contribution is 2.25. The van der Waals surface area contributed by atoms with E-state index in [1.54, 1.807) is 12.1 Å². The Balaban J connectivity index is 1.87. The van der Waals surface area contributed by atoms with Crippen LogP contribution in [0.4, 0.5) is 9.18 Å². The second-order valence-electron chi connectivity index (χ2n) is 7.65. The van der Waals surface area contributed by atoms with Crippen molar-refractivity contribution in [2.24, 2.45) is 5.92 Å². The molecule has 0 spiro atoms. The highest BCUT2D eigenvalue weighted by Gasteiger charge is 2.26. The SMILES string of the molecule is CC(C)(C)OC(=O)NCC1CCCCC1NCc1cc(Br)ccc1F. The summed E-state index contributed by atoms with van der Waals surface area (Å²) in [4.78, 5) is 11.9. The number of alkyl carbamates (subject to hydrolysis) is 1. The van der Waals surface area contributed by atoms with E-state index in [-0.39, 0.29) is 18.0 Å². The molecule has 0 heterocycles. The maximum Gasteiger partial charge on any atom is 0.407 e. The number of ether oxygens (including phenoxy) is 1. The number of hydrogen-bond donors (Lipinski definition) is 2. The molecule has 0 aromatic heterocycles. The van der Waals surface area contributed by atoms with Gasteiger partial charge in [-0.15, -0.1) is 0 Å². The summed E-state index contributed by atoms with van der Waals surface area (Å²) in [6.07, 6.45) is 4.02. The van der Waals surface area contributed by atoms with Crippen molar-refractivity contribution in [3.63, 3.8) is 0 Å². The van der Waals surface area contributed by atoms with Crippen LogP contribution >= 0.6 is 15.9 Å². The molecule has 0 bridgehead atoms. The topological polar surface area (TPSA) is 50.4 Å². The molecule has 6 heteroatoms. The summed E-state index contributed by atoms with van der Waals surface area (Å²) in [6.45, 7) is 6.62. The van der Waals surface area contributed by atoms with E-state index in [0.29, 0.717) is 24.6 Å². The second-order valence-corrected chi connectivity index (χ2v) is 8.57. The monoisotopic (exact) mass is 414 g/mol. The molecular weight excluding hydrogens is 387 g/mol. The van der Waals surface area contributed by atoms with Crippen molar-refractivity contribution >= 4 is 22.0 Å². The lowest BCUT2D eigenvalue weighted by molar-refractivity contribution is 0.0510. The van der Waals surface area contributed by atoms with E-state index in [2.05, 4.69) is 26.6 Å². The molecule has 1 aromatic rings.